The van der Waals surface area contributed by atoms with Gasteiger partial charge in [-0.15, -0.1) is 11.3 Å². The monoisotopic (exact) mass is 233 g/mol. The molecule has 2 rings (SSSR count). The number of hydrogen-bond acceptors (Lipinski definition) is 3. The fourth-order valence-corrected chi connectivity index (χ4v) is 2.26. The zero-order valence-electron chi connectivity index (χ0n) is 9.44. The largest absolute Gasteiger partial charge is 0.483 e. The first-order valence-corrected chi connectivity index (χ1v) is 6.11. The summed E-state index contributed by atoms with van der Waals surface area (Å²) in [6.45, 7) is 4.05. The number of aryl methyl sites for hydroxylation is 1. The van der Waals surface area contributed by atoms with Gasteiger partial charge in [-0.1, -0.05) is 12.1 Å². The van der Waals surface area contributed by atoms with E-state index in [1.807, 2.05) is 43.5 Å². The van der Waals surface area contributed by atoms with Gasteiger partial charge in [0.25, 0.3) is 0 Å². The number of nitrogen functional groups attached to an aromatic ring is 1. The first-order valence-electron chi connectivity index (χ1n) is 5.23. The topological polar surface area (TPSA) is 35.2 Å². The second-order valence-corrected chi connectivity index (χ2v) is 4.80. The maximum atomic E-state index is 5.90. The summed E-state index contributed by atoms with van der Waals surface area (Å²) in [4.78, 5) is 1.21. The van der Waals surface area contributed by atoms with Gasteiger partial charge < -0.3 is 10.5 Å². The maximum Gasteiger partial charge on any atom is 0.143 e. The van der Waals surface area contributed by atoms with Gasteiger partial charge in [0.2, 0.25) is 0 Å². The van der Waals surface area contributed by atoms with Crippen molar-refractivity contribution in [3.63, 3.8) is 0 Å². The highest BCUT2D eigenvalue weighted by Crippen LogP contribution is 2.29. The summed E-state index contributed by atoms with van der Waals surface area (Å²) in [6.07, 6.45) is 0.0463. The minimum Gasteiger partial charge on any atom is -0.483 e. The Morgan fingerprint density at radius 2 is 2.12 bits per heavy atom. The Morgan fingerprint density at radius 1 is 1.31 bits per heavy atom. The Bertz CT molecular complexity index is 465. The van der Waals surface area contributed by atoms with Gasteiger partial charge in [0, 0.05) is 4.88 Å². The lowest BCUT2D eigenvalue weighted by molar-refractivity contribution is 0.232. The summed E-state index contributed by atoms with van der Waals surface area (Å²) in [5, 5.41) is 2.05. The van der Waals surface area contributed by atoms with Crippen LogP contribution in [0.2, 0.25) is 0 Å². The predicted molar refractivity (Wildman–Crippen MR) is 69.0 cm³/mol. The van der Waals surface area contributed by atoms with Crippen LogP contribution >= 0.6 is 11.3 Å². The molecule has 0 aliphatic carbocycles. The Labute approximate surface area is 99.7 Å². The van der Waals surface area contributed by atoms with Crippen LogP contribution in [0.1, 0.15) is 23.5 Å². The standard InChI is InChI=1S/C13H15NOS/c1-9-5-6-12(11(14)8-9)15-10(2)13-4-3-7-16-13/h3-8,10H,14H2,1-2H3. The number of thiophene rings is 1. The molecule has 2 N–H and O–H groups in total. The van der Waals surface area contributed by atoms with Crippen LogP contribution in [0.4, 0.5) is 5.69 Å². The van der Waals surface area contributed by atoms with E-state index in [9.17, 15) is 0 Å². The summed E-state index contributed by atoms with van der Waals surface area (Å²) >= 11 is 1.69. The predicted octanol–water partition coefficient (Wildman–Crippen LogP) is 3.78. The van der Waals surface area contributed by atoms with E-state index in [0.717, 1.165) is 11.3 Å². The number of nitrogens with two attached hydrogens (primary N) is 1. The summed E-state index contributed by atoms with van der Waals surface area (Å²) in [5.41, 5.74) is 7.75. The zero-order chi connectivity index (χ0) is 11.5. The van der Waals surface area contributed by atoms with Crippen molar-refractivity contribution in [1.29, 1.82) is 0 Å². The quantitative estimate of drug-likeness (QED) is 0.819. The van der Waals surface area contributed by atoms with E-state index in [2.05, 4.69) is 6.07 Å². The smallest absolute Gasteiger partial charge is 0.143 e. The molecule has 3 heteroatoms. The molecule has 1 heterocycles. The van der Waals surface area contributed by atoms with Crippen molar-refractivity contribution in [2.45, 2.75) is 20.0 Å². The Morgan fingerprint density at radius 3 is 2.75 bits per heavy atom. The average Bonchev–Trinajstić information content (AvgIpc) is 2.75. The normalized spacial score (nSPS) is 12.4. The number of hydrogen-bond donors (Lipinski definition) is 1. The zero-order valence-corrected chi connectivity index (χ0v) is 10.3. The van der Waals surface area contributed by atoms with Crippen LogP contribution in [-0.2, 0) is 0 Å². The van der Waals surface area contributed by atoms with Crippen molar-refractivity contribution < 1.29 is 4.74 Å². The van der Waals surface area contributed by atoms with Crippen LogP contribution in [-0.4, -0.2) is 0 Å². The van der Waals surface area contributed by atoms with E-state index in [-0.39, 0.29) is 6.10 Å². The van der Waals surface area contributed by atoms with Gasteiger partial charge in [-0.2, -0.15) is 0 Å². The van der Waals surface area contributed by atoms with Crippen molar-refractivity contribution in [1.82, 2.24) is 0 Å². The molecule has 0 saturated heterocycles. The maximum absolute atomic E-state index is 5.90. The molecule has 1 atom stereocenters. The third-order valence-corrected chi connectivity index (χ3v) is 3.45. The second-order valence-electron chi connectivity index (χ2n) is 3.82. The van der Waals surface area contributed by atoms with Crippen molar-refractivity contribution >= 4 is 17.0 Å². The second kappa shape index (κ2) is 4.58. The van der Waals surface area contributed by atoms with Crippen LogP contribution in [0.5, 0.6) is 5.75 Å². The van der Waals surface area contributed by atoms with Crippen molar-refractivity contribution in [3.8, 4) is 5.75 Å². The third kappa shape index (κ3) is 2.36. The average molecular weight is 233 g/mol. The van der Waals surface area contributed by atoms with E-state index in [0.29, 0.717) is 5.69 Å². The summed E-state index contributed by atoms with van der Waals surface area (Å²) in [5.74, 6) is 0.756. The van der Waals surface area contributed by atoms with Crippen molar-refractivity contribution in [2.75, 3.05) is 5.73 Å². The molecular formula is C13H15NOS. The third-order valence-electron chi connectivity index (χ3n) is 2.41. The van der Waals surface area contributed by atoms with Crippen LogP contribution in [0.3, 0.4) is 0 Å². The van der Waals surface area contributed by atoms with Crippen LogP contribution < -0.4 is 10.5 Å². The van der Waals surface area contributed by atoms with Crippen LogP contribution in [0.25, 0.3) is 0 Å². The molecule has 1 aromatic heterocycles. The number of benzene rings is 1. The minimum absolute atomic E-state index is 0.0463. The lowest BCUT2D eigenvalue weighted by Crippen LogP contribution is -2.03. The molecule has 0 radical (unpaired) electrons. The molecule has 0 aliphatic rings. The molecule has 0 bridgehead atoms. The molecular weight excluding hydrogens is 218 g/mol. The molecule has 1 aromatic carbocycles. The fourth-order valence-electron chi connectivity index (χ4n) is 1.55. The van der Waals surface area contributed by atoms with Gasteiger partial charge >= 0.3 is 0 Å². The molecule has 0 aliphatic heterocycles. The minimum atomic E-state index is 0.0463. The number of ether oxygens (including phenoxy) is 1. The molecule has 2 aromatic rings. The first kappa shape index (κ1) is 11.0. The SMILES string of the molecule is Cc1ccc(OC(C)c2cccs2)c(N)c1. The first-order chi connectivity index (χ1) is 7.66. The highest BCUT2D eigenvalue weighted by molar-refractivity contribution is 7.10. The lowest BCUT2D eigenvalue weighted by Gasteiger charge is -2.15. The van der Waals surface area contributed by atoms with Gasteiger partial charge in [0.15, 0.2) is 0 Å². The highest BCUT2D eigenvalue weighted by atomic mass is 32.1. The van der Waals surface area contributed by atoms with Crippen molar-refractivity contribution in [2.24, 2.45) is 0 Å². The van der Waals surface area contributed by atoms with E-state index in [1.165, 1.54) is 4.88 Å². The van der Waals surface area contributed by atoms with E-state index >= 15 is 0 Å². The molecule has 0 saturated carbocycles. The molecule has 2 nitrogen and oxygen atoms in total. The van der Waals surface area contributed by atoms with E-state index in [4.69, 9.17) is 10.5 Å². The Kier molecular flexibility index (Phi) is 3.15. The van der Waals surface area contributed by atoms with Gasteiger partial charge in [-0.05, 0) is 43.0 Å². The lowest BCUT2D eigenvalue weighted by atomic mass is 10.2. The summed E-state index contributed by atoms with van der Waals surface area (Å²) < 4.78 is 5.83. The van der Waals surface area contributed by atoms with Gasteiger partial charge in [-0.25, -0.2) is 0 Å². The van der Waals surface area contributed by atoms with E-state index in [1.54, 1.807) is 11.3 Å². The number of rotatable bonds is 3. The fraction of sp³-hybridized carbons (Fsp3) is 0.231. The summed E-state index contributed by atoms with van der Waals surface area (Å²) in [6, 6.07) is 9.95. The molecule has 16 heavy (non-hydrogen) atoms. The molecule has 0 spiro atoms. The van der Waals surface area contributed by atoms with Gasteiger partial charge in [-0.3, -0.25) is 0 Å². The molecule has 1 unspecified atom stereocenters. The number of anilines is 1. The molecule has 84 valence electrons. The van der Waals surface area contributed by atoms with Gasteiger partial charge in [0.05, 0.1) is 5.69 Å². The van der Waals surface area contributed by atoms with Crippen LogP contribution in [0, 0.1) is 6.92 Å². The van der Waals surface area contributed by atoms with E-state index < -0.39 is 0 Å². The molecule has 0 fully saturated rings. The summed E-state index contributed by atoms with van der Waals surface area (Å²) in [7, 11) is 0. The Balaban J connectivity index is 2.15. The Hall–Kier alpha value is -1.48. The van der Waals surface area contributed by atoms with Crippen molar-refractivity contribution in [3.05, 3.63) is 46.2 Å². The van der Waals surface area contributed by atoms with Crippen LogP contribution in [0.15, 0.2) is 35.7 Å². The van der Waals surface area contributed by atoms with Gasteiger partial charge in [0.1, 0.15) is 11.9 Å². The molecule has 0 amide bonds. The highest BCUT2D eigenvalue weighted by Gasteiger charge is 2.09.